The highest BCUT2D eigenvalue weighted by atomic mass is 16.2. The third-order valence-corrected chi connectivity index (χ3v) is 2.54. The SMILES string of the molecule is CCNCCC(=O)N(C)Cc1cccc(C)n1. The molecule has 1 rings (SSSR count). The molecule has 1 amide bonds. The number of hydrogen-bond donors (Lipinski definition) is 1. The van der Waals surface area contributed by atoms with Crippen LogP contribution in [0.1, 0.15) is 24.7 Å². The quantitative estimate of drug-likeness (QED) is 0.757. The molecule has 0 radical (unpaired) electrons. The number of nitrogens with one attached hydrogen (secondary N) is 1. The Morgan fingerprint density at radius 3 is 2.88 bits per heavy atom. The van der Waals surface area contributed by atoms with Gasteiger partial charge in [-0.15, -0.1) is 0 Å². The normalized spacial score (nSPS) is 10.3. The van der Waals surface area contributed by atoms with E-state index in [0.717, 1.165) is 24.5 Å². The van der Waals surface area contributed by atoms with E-state index in [2.05, 4.69) is 10.3 Å². The van der Waals surface area contributed by atoms with E-state index in [1.807, 2.05) is 39.1 Å². The minimum absolute atomic E-state index is 0.147. The summed E-state index contributed by atoms with van der Waals surface area (Å²) in [7, 11) is 1.82. The van der Waals surface area contributed by atoms with Gasteiger partial charge in [-0.05, 0) is 25.6 Å². The Kier molecular flexibility index (Phi) is 5.63. The summed E-state index contributed by atoms with van der Waals surface area (Å²) < 4.78 is 0. The molecule has 94 valence electrons. The molecular weight excluding hydrogens is 214 g/mol. The van der Waals surface area contributed by atoms with Gasteiger partial charge < -0.3 is 10.2 Å². The first-order valence-corrected chi connectivity index (χ1v) is 6.00. The van der Waals surface area contributed by atoms with Gasteiger partial charge in [0.05, 0.1) is 12.2 Å². The predicted octanol–water partition coefficient (Wildman–Crippen LogP) is 1.35. The number of aromatic nitrogens is 1. The van der Waals surface area contributed by atoms with E-state index in [-0.39, 0.29) is 5.91 Å². The van der Waals surface area contributed by atoms with Crippen LogP contribution in [-0.2, 0) is 11.3 Å². The zero-order valence-electron chi connectivity index (χ0n) is 10.9. The first-order valence-electron chi connectivity index (χ1n) is 6.00. The summed E-state index contributed by atoms with van der Waals surface area (Å²) >= 11 is 0. The number of amides is 1. The highest BCUT2D eigenvalue weighted by molar-refractivity contribution is 5.76. The van der Waals surface area contributed by atoms with Gasteiger partial charge in [-0.1, -0.05) is 13.0 Å². The Labute approximate surface area is 103 Å². The summed E-state index contributed by atoms with van der Waals surface area (Å²) in [6.45, 7) is 6.20. The van der Waals surface area contributed by atoms with E-state index < -0.39 is 0 Å². The average Bonchev–Trinajstić information content (AvgIpc) is 2.29. The lowest BCUT2D eigenvalue weighted by Gasteiger charge is -2.17. The fourth-order valence-corrected chi connectivity index (χ4v) is 1.58. The van der Waals surface area contributed by atoms with E-state index in [0.29, 0.717) is 13.0 Å². The largest absolute Gasteiger partial charge is 0.340 e. The number of nitrogens with zero attached hydrogens (tertiary/aromatic N) is 2. The van der Waals surface area contributed by atoms with Crippen LogP contribution >= 0.6 is 0 Å². The first kappa shape index (κ1) is 13.6. The summed E-state index contributed by atoms with van der Waals surface area (Å²) in [6, 6.07) is 5.87. The third kappa shape index (κ3) is 4.95. The Balaban J connectivity index is 2.43. The van der Waals surface area contributed by atoms with Gasteiger partial charge in [0.1, 0.15) is 0 Å². The Morgan fingerprint density at radius 1 is 1.47 bits per heavy atom. The van der Waals surface area contributed by atoms with Gasteiger partial charge in [-0.2, -0.15) is 0 Å². The highest BCUT2D eigenvalue weighted by Gasteiger charge is 2.09. The van der Waals surface area contributed by atoms with E-state index in [1.54, 1.807) is 4.90 Å². The predicted molar refractivity (Wildman–Crippen MR) is 68.6 cm³/mol. The molecule has 0 aliphatic carbocycles. The van der Waals surface area contributed by atoms with Gasteiger partial charge in [0, 0.05) is 25.7 Å². The maximum atomic E-state index is 11.8. The van der Waals surface area contributed by atoms with Crippen LogP contribution in [0, 0.1) is 6.92 Å². The van der Waals surface area contributed by atoms with Crippen LogP contribution in [0.2, 0.25) is 0 Å². The molecule has 0 aliphatic rings. The minimum atomic E-state index is 0.147. The maximum absolute atomic E-state index is 11.8. The van der Waals surface area contributed by atoms with Crippen molar-refractivity contribution in [3.8, 4) is 0 Å². The van der Waals surface area contributed by atoms with Crippen LogP contribution in [0.3, 0.4) is 0 Å². The third-order valence-electron chi connectivity index (χ3n) is 2.54. The molecule has 1 aromatic heterocycles. The standard InChI is InChI=1S/C13H21N3O/c1-4-14-9-8-13(17)16(3)10-12-7-5-6-11(2)15-12/h5-7,14H,4,8-10H2,1-3H3. The van der Waals surface area contributed by atoms with Gasteiger partial charge in [-0.25, -0.2) is 0 Å². The van der Waals surface area contributed by atoms with Crippen molar-refractivity contribution in [1.29, 1.82) is 0 Å². The number of hydrogen-bond acceptors (Lipinski definition) is 3. The summed E-state index contributed by atoms with van der Waals surface area (Å²) in [6.07, 6.45) is 0.538. The molecule has 0 aromatic carbocycles. The lowest BCUT2D eigenvalue weighted by Crippen LogP contribution is -2.29. The summed E-state index contributed by atoms with van der Waals surface area (Å²) in [5, 5.41) is 3.14. The van der Waals surface area contributed by atoms with Gasteiger partial charge in [-0.3, -0.25) is 9.78 Å². The van der Waals surface area contributed by atoms with E-state index in [9.17, 15) is 4.79 Å². The van der Waals surface area contributed by atoms with E-state index in [1.165, 1.54) is 0 Å². The number of aryl methyl sites for hydroxylation is 1. The molecule has 1 heterocycles. The lowest BCUT2D eigenvalue weighted by atomic mass is 10.3. The monoisotopic (exact) mass is 235 g/mol. The lowest BCUT2D eigenvalue weighted by molar-refractivity contribution is -0.130. The molecule has 0 bridgehead atoms. The first-order chi connectivity index (χ1) is 8.13. The molecule has 17 heavy (non-hydrogen) atoms. The summed E-state index contributed by atoms with van der Waals surface area (Å²) in [5.74, 6) is 0.147. The van der Waals surface area contributed by atoms with Crippen LogP contribution in [0.5, 0.6) is 0 Å². The zero-order valence-corrected chi connectivity index (χ0v) is 10.9. The van der Waals surface area contributed by atoms with Crippen molar-refractivity contribution in [2.24, 2.45) is 0 Å². The van der Waals surface area contributed by atoms with Crippen molar-refractivity contribution in [3.63, 3.8) is 0 Å². The Hall–Kier alpha value is -1.42. The van der Waals surface area contributed by atoms with Crippen LogP contribution in [-0.4, -0.2) is 35.9 Å². The van der Waals surface area contributed by atoms with E-state index in [4.69, 9.17) is 0 Å². The second-order valence-electron chi connectivity index (χ2n) is 4.12. The molecule has 1 aromatic rings. The fraction of sp³-hybridized carbons (Fsp3) is 0.538. The Bertz CT molecular complexity index is 365. The number of carbonyl (C=O) groups is 1. The Morgan fingerprint density at radius 2 is 2.24 bits per heavy atom. The molecule has 1 N–H and O–H groups in total. The molecule has 0 saturated carbocycles. The molecule has 0 fully saturated rings. The van der Waals surface area contributed by atoms with Crippen molar-refractivity contribution >= 4 is 5.91 Å². The summed E-state index contributed by atoms with van der Waals surface area (Å²) in [5.41, 5.74) is 1.92. The smallest absolute Gasteiger partial charge is 0.223 e. The second-order valence-corrected chi connectivity index (χ2v) is 4.12. The average molecular weight is 235 g/mol. The van der Waals surface area contributed by atoms with Crippen molar-refractivity contribution in [2.45, 2.75) is 26.8 Å². The van der Waals surface area contributed by atoms with E-state index >= 15 is 0 Å². The molecular formula is C13H21N3O. The molecule has 4 heteroatoms. The summed E-state index contributed by atoms with van der Waals surface area (Å²) in [4.78, 5) is 17.9. The fourth-order valence-electron chi connectivity index (χ4n) is 1.58. The van der Waals surface area contributed by atoms with Gasteiger partial charge in [0.2, 0.25) is 5.91 Å². The van der Waals surface area contributed by atoms with Gasteiger partial charge in [0.15, 0.2) is 0 Å². The van der Waals surface area contributed by atoms with Crippen molar-refractivity contribution < 1.29 is 4.79 Å². The van der Waals surface area contributed by atoms with Gasteiger partial charge in [0.25, 0.3) is 0 Å². The van der Waals surface area contributed by atoms with Gasteiger partial charge >= 0.3 is 0 Å². The number of carbonyl (C=O) groups excluding carboxylic acids is 1. The molecule has 0 spiro atoms. The minimum Gasteiger partial charge on any atom is -0.340 e. The van der Waals surface area contributed by atoms with Crippen LogP contribution in [0.4, 0.5) is 0 Å². The topological polar surface area (TPSA) is 45.2 Å². The number of rotatable bonds is 6. The van der Waals surface area contributed by atoms with Crippen molar-refractivity contribution in [3.05, 3.63) is 29.6 Å². The zero-order chi connectivity index (χ0) is 12.7. The number of pyridine rings is 1. The molecule has 0 aliphatic heterocycles. The molecule has 0 atom stereocenters. The van der Waals surface area contributed by atoms with Crippen LogP contribution in [0.15, 0.2) is 18.2 Å². The van der Waals surface area contributed by atoms with Crippen LogP contribution < -0.4 is 5.32 Å². The molecule has 0 unspecified atom stereocenters. The van der Waals surface area contributed by atoms with Crippen molar-refractivity contribution in [2.75, 3.05) is 20.1 Å². The van der Waals surface area contributed by atoms with Crippen molar-refractivity contribution in [1.82, 2.24) is 15.2 Å². The maximum Gasteiger partial charge on any atom is 0.223 e. The van der Waals surface area contributed by atoms with Crippen LogP contribution in [0.25, 0.3) is 0 Å². The second kappa shape index (κ2) is 7.01. The molecule has 4 nitrogen and oxygen atoms in total. The molecule has 0 saturated heterocycles. The highest BCUT2D eigenvalue weighted by Crippen LogP contribution is 2.02.